The Balaban J connectivity index is 1.13. The van der Waals surface area contributed by atoms with Crippen LogP contribution in [-0.4, -0.2) is 60.9 Å². The van der Waals surface area contributed by atoms with Crippen molar-refractivity contribution in [1.29, 1.82) is 0 Å². The SMILES string of the molecule is COC(=O)[C@H](Cc1ccccc1)NC(=O)NCc1ccccc1-c1ccc([C@H]2O[C@@H](CN3CCCCC3)C[C@@H](c3ccc(CO)cc3)O2)cc1. The normalized spacial score (nSPS) is 20.1. The van der Waals surface area contributed by atoms with E-state index >= 15 is 0 Å². The zero-order valence-electron chi connectivity index (χ0n) is 28.6. The van der Waals surface area contributed by atoms with Crippen LogP contribution in [-0.2, 0) is 38.6 Å². The summed E-state index contributed by atoms with van der Waals surface area (Å²) in [5, 5.41) is 15.2. The lowest BCUT2D eigenvalue weighted by atomic mass is 9.97. The number of benzene rings is 4. The monoisotopic (exact) mass is 677 g/mol. The molecule has 0 spiro atoms. The van der Waals surface area contributed by atoms with E-state index in [0.29, 0.717) is 6.42 Å². The van der Waals surface area contributed by atoms with Crippen LogP contribution in [0.2, 0.25) is 0 Å². The first-order valence-electron chi connectivity index (χ1n) is 17.6. The standard InChI is InChI=1S/C41H47N3O6/c1-48-39(46)37(24-29-10-4-2-5-11-29)43-41(47)42-26-34-12-6-7-13-36(34)31-18-20-33(21-19-31)40-49-35(27-44-22-8-3-9-23-44)25-38(50-40)32-16-14-30(28-45)15-17-32/h2,4-7,10-21,35,37-38,40,45H,3,8-9,22-28H2,1H3,(H2,42,43,47)/t35-,37+,38+,40+/m1/s1. The Kier molecular flexibility index (Phi) is 12.3. The molecule has 0 bridgehead atoms. The number of hydrogen-bond donors (Lipinski definition) is 3. The minimum absolute atomic E-state index is 0.0124. The molecule has 2 saturated heterocycles. The van der Waals surface area contributed by atoms with Gasteiger partial charge in [0.25, 0.3) is 0 Å². The van der Waals surface area contributed by atoms with E-state index in [-0.39, 0.29) is 25.4 Å². The minimum atomic E-state index is -0.812. The molecule has 262 valence electrons. The number of urea groups is 1. The third-order valence-corrected chi connectivity index (χ3v) is 9.55. The van der Waals surface area contributed by atoms with Crippen LogP contribution in [0.15, 0.2) is 103 Å². The van der Waals surface area contributed by atoms with Crippen molar-refractivity contribution in [3.05, 3.63) is 131 Å². The first kappa shape index (κ1) is 35.3. The first-order chi connectivity index (χ1) is 24.5. The van der Waals surface area contributed by atoms with Crippen molar-refractivity contribution in [2.75, 3.05) is 26.7 Å². The number of amides is 2. The summed E-state index contributed by atoms with van der Waals surface area (Å²) in [5.74, 6) is -0.501. The topological polar surface area (TPSA) is 109 Å². The molecule has 0 aliphatic carbocycles. The number of nitrogens with zero attached hydrogens (tertiary/aromatic N) is 1. The molecular weight excluding hydrogens is 630 g/mol. The molecule has 2 aliphatic heterocycles. The van der Waals surface area contributed by atoms with Gasteiger partial charge in [-0.2, -0.15) is 0 Å². The highest BCUT2D eigenvalue weighted by Crippen LogP contribution is 2.39. The van der Waals surface area contributed by atoms with Crippen LogP contribution >= 0.6 is 0 Å². The van der Waals surface area contributed by atoms with Crippen molar-refractivity contribution in [1.82, 2.24) is 15.5 Å². The second kappa shape index (κ2) is 17.4. The lowest BCUT2D eigenvalue weighted by Crippen LogP contribution is -2.47. The summed E-state index contributed by atoms with van der Waals surface area (Å²) in [4.78, 5) is 27.9. The number of carbonyl (C=O) groups excluding carboxylic acids is 2. The molecule has 4 aromatic rings. The molecule has 2 fully saturated rings. The lowest BCUT2D eigenvalue weighted by Gasteiger charge is -2.39. The minimum Gasteiger partial charge on any atom is -0.467 e. The molecule has 3 N–H and O–H groups in total. The van der Waals surface area contributed by atoms with Crippen molar-refractivity contribution < 1.29 is 28.9 Å². The van der Waals surface area contributed by atoms with E-state index in [9.17, 15) is 14.7 Å². The number of piperidine rings is 1. The van der Waals surface area contributed by atoms with E-state index < -0.39 is 24.3 Å². The van der Waals surface area contributed by atoms with Gasteiger partial charge in [0, 0.05) is 31.5 Å². The molecule has 4 aromatic carbocycles. The Morgan fingerprint density at radius 3 is 2.26 bits per heavy atom. The van der Waals surface area contributed by atoms with E-state index in [1.165, 1.54) is 26.4 Å². The van der Waals surface area contributed by atoms with Gasteiger partial charge < -0.3 is 34.9 Å². The Morgan fingerprint density at radius 1 is 0.840 bits per heavy atom. The molecule has 6 rings (SSSR count). The summed E-state index contributed by atoms with van der Waals surface area (Å²) >= 11 is 0. The van der Waals surface area contributed by atoms with Gasteiger partial charge in [-0.15, -0.1) is 0 Å². The molecule has 2 heterocycles. The molecule has 4 atom stereocenters. The third kappa shape index (κ3) is 9.37. The van der Waals surface area contributed by atoms with Crippen LogP contribution in [0.5, 0.6) is 0 Å². The zero-order valence-corrected chi connectivity index (χ0v) is 28.6. The van der Waals surface area contributed by atoms with Crippen LogP contribution in [0.25, 0.3) is 11.1 Å². The maximum absolute atomic E-state index is 12.9. The number of ether oxygens (including phenoxy) is 3. The Morgan fingerprint density at radius 2 is 1.54 bits per heavy atom. The van der Waals surface area contributed by atoms with Crippen LogP contribution < -0.4 is 10.6 Å². The molecule has 0 aromatic heterocycles. The Bertz CT molecular complexity index is 1680. The smallest absolute Gasteiger partial charge is 0.328 e. The molecule has 9 nitrogen and oxygen atoms in total. The number of aliphatic hydroxyl groups excluding tert-OH is 1. The zero-order chi connectivity index (χ0) is 34.7. The molecule has 0 saturated carbocycles. The summed E-state index contributed by atoms with van der Waals surface area (Å²) in [6.07, 6.45) is 4.22. The molecule has 2 aliphatic rings. The predicted molar refractivity (Wildman–Crippen MR) is 192 cm³/mol. The number of carbonyl (C=O) groups is 2. The molecule has 9 heteroatoms. The maximum Gasteiger partial charge on any atom is 0.328 e. The number of likely N-dealkylation sites (tertiary alicyclic amines) is 1. The van der Waals surface area contributed by atoms with Crippen molar-refractivity contribution in [3.8, 4) is 11.1 Å². The van der Waals surface area contributed by atoms with Crippen molar-refractivity contribution in [3.63, 3.8) is 0 Å². The number of esters is 1. The van der Waals surface area contributed by atoms with Crippen molar-refractivity contribution >= 4 is 12.0 Å². The van der Waals surface area contributed by atoms with E-state index in [4.69, 9.17) is 14.2 Å². The summed E-state index contributed by atoms with van der Waals surface area (Å²) in [6, 6.07) is 32.4. The quantitative estimate of drug-likeness (QED) is 0.148. The van der Waals surface area contributed by atoms with Crippen molar-refractivity contribution in [2.24, 2.45) is 0 Å². The van der Waals surface area contributed by atoms with Gasteiger partial charge in [0.2, 0.25) is 0 Å². The summed E-state index contributed by atoms with van der Waals surface area (Å²) in [7, 11) is 1.32. The summed E-state index contributed by atoms with van der Waals surface area (Å²) in [6.45, 7) is 3.37. The maximum atomic E-state index is 12.9. The Labute approximate surface area is 294 Å². The summed E-state index contributed by atoms with van der Waals surface area (Å²) in [5.41, 5.74) is 6.75. The van der Waals surface area contributed by atoms with Crippen LogP contribution in [0.3, 0.4) is 0 Å². The predicted octanol–water partition coefficient (Wildman–Crippen LogP) is 6.46. The van der Waals surface area contributed by atoms with E-state index in [1.807, 2.05) is 78.9 Å². The van der Waals surface area contributed by atoms with Gasteiger partial charge in [0.05, 0.1) is 25.9 Å². The van der Waals surface area contributed by atoms with Gasteiger partial charge >= 0.3 is 12.0 Å². The second-order valence-corrected chi connectivity index (χ2v) is 13.1. The van der Waals surface area contributed by atoms with E-state index in [0.717, 1.165) is 65.0 Å². The first-order valence-corrected chi connectivity index (χ1v) is 17.6. The number of rotatable bonds is 12. The Hall–Kier alpha value is -4.54. The fourth-order valence-corrected chi connectivity index (χ4v) is 6.81. The highest BCUT2D eigenvalue weighted by atomic mass is 16.7. The van der Waals surface area contributed by atoms with Crippen LogP contribution in [0.1, 0.15) is 65.9 Å². The fraction of sp³-hybridized carbons (Fsp3) is 0.366. The average Bonchev–Trinajstić information content (AvgIpc) is 3.17. The number of nitrogens with one attached hydrogen (secondary N) is 2. The highest BCUT2D eigenvalue weighted by molar-refractivity contribution is 5.84. The van der Waals surface area contributed by atoms with Gasteiger partial charge in [-0.1, -0.05) is 110 Å². The van der Waals surface area contributed by atoms with Crippen LogP contribution in [0.4, 0.5) is 4.79 Å². The second-order valence-electron chi connectivity index (χ2n) is 13.1. The van der Waals surface area contributed by atoms with Gasteiger partial charge in [-0.25, -0.2) is 9.59 Å². The molecular formula is C41H47N3O6. The number of methoxy groups -OCH3 is 1. The fourth-order valence-electron chi connectivity index (χ4n) is 6.81. The number of aliphatic hydroxyl groups is 1. The van der Waals surface area contributed by atoms with Gasteiger partial charge in [0.15, 0.2) is 6.29 Å². The highest BCUT2D eigenvalue weighted by Gasteiger charge is 2.33. The van der Waals surface area contributed by atoms with Gasteiger partial charge in [-0.05, 0) is 59.3 Å². The van der Waals surface area contributed by atoms with Crippen molar-refractivity contribution in [2.45, 2.75) is 69.8 Å². The van der Waals surface area contributed by atoms with Gasteiger partial charge in [-0.3, -0.25) is 0 Å². The van der Waals surface area contributed by atoms with E-state index in [2.05, 4.69) is 39.8 Å². The molecule has 0 unspecified atom stereocenters. The third-order valence-electron chi connectivity index (χ3n) is 9.55. The molecule has 2 amide bonds. The largest absolute Gasteiger partial charge is 0.467 e. The summed E-state index contributed by atoms with van der Waals surface area (Å²) < 4.78 is 18.1. The van der Waals surface area contributed by atoms with Gasteiger partial charge in [0.1, 0.15) is 6.04 Å². The van der Waals surface area contributed by atoms with E-state index in [1.54, 1.807) is 0 Å². The molecule has 50 heavy (non-hydrogen) atoms. The number of hydrogen-bond acceptors (Lipinski definition) is 7. The average molecular weight is 678 g/mol. The lowest BCUT2D eigenvalue weighted by molar-refractivity contribution is -0.253. The molecule has 0 radical (unpaired) electrons. The van der Waals surface area contributed by atoms with Crippen LogP contribution in [0, 0.1) is 0 Å².